The van der Waals surface area contributed by atoms with Gasteiger partial charge in [-0.2, -0.15) is 0 Å². The summed E-state index contributed by atoms with van der Waals surface area (Å²) < 4.78 is 0. The zero-order valence-electron chi connectivity index (χ0n) is 19.6. The van der Waals surface area contributed by atoms with Crippen molar-refractivity contribution in [2.75, 3.05) is 32.7 Å². The van der Waals surface area contributed by atoms with Crippen LogP contribution in [0.5, 0.6) is 0 Å². The van der Waals surface area contributed by atoms with Crippen LogP contribution in [-0.2, 0) is 0 Å². The average Bonchev–Trinajstić information content (AvgIpc) is 2.82. The lowest BCUT2D eigenvalue weighted by Gasteiger charge is -2.57. The molecule has 170 valence electrons. The van der Waals surface area contributed by atoms with Gasteiger partial charge in [-0.15, -0.1) is 0 Å². The molecule has 1 atom stereocenters. The molecule has 2 saturated heterocycles. The molecule has 1 saturated carbocycles. The van der Waals surface area contributed by atoms with Crippen molar-refractivity contribution in [1.29, 1.82) is 0 Å². The average molecular weight is 432 g/mol. The quantitative estimate of drug-likeness (QED) is 0.752. The van der Waals surface area contributed by atoms with E-state index in [2.05, 4.69) is 53.2 Å². The van der Waals surface area contributed by atoms with Gasteiger partial charge in [-0.25, -0.2) is 0 Å². The third-order valence-corrected chi connectivity index (χ3v) is 8.18. The van der Waals surface area contributed by atoms with Crippen LogP contribution in [0.4, 0.5) is 0 Å². The van der Waals surface area contributed by atoms with Crippen LogP contribution in [0, 0.1) is 5.41 Å². The van der Waals surface area contributed by atoms with E-state index in [0.29, 0.717) is 17.4 Å². The van der Waals surface area contributed by atoms with Crippen LogP contribution in [0.25, 0.3) is 0 Å². The first kappa shape index (κ1) is 21.7. The van der Waals surface area contributed by atoms with E-state index in [4.69, 9.17) is 0 Å². The van der Waals surface area contributed by atoms with Crippen molar-refractivity contribution >= 4 is 5.91 Å². The molecular formula is C28H37N3O. The number of hydrogen-bond donors (Lipinski definition) is 1. The Kier molecular flexibility index (Phi) is 6.09. The van der Waals surface area contributed by atoms with E-state index in [1.54, 1.807) is 0 Å². The maximum Gasteiger partial charge on any atom is 0.253 e. The van der Waals surface area contributed by atoms with Gasteiger partial charge in [0.25, 0.3) is 5.91 Å². The van der Waals surface area contributed by atoms with E-state index < -0.39 is 0 Å². The highest BCUT2D eigenvalue weighted by atomic mass is 16.2. The third kappa shape index (κ3) is 4.11. The molecule has 2 heterocycles. The summed E-state index contributed by atoms with van der Waals surface area (Å²) in [6, 6.07) is 19.6. The molecule has 2 aliphatic heterocycles. The minimum atomic E-state index is 0.167. The fourth-order valence-corrected chi connectivity index (χ4v) is 6.34. The lowest BCUT2D eigenvalue weighted by Crippen LogP contribution is -2.60. The van der Waals surface area contributed by atoms with Crippen LogP contribution >= 0.6 is 0 Å². The lowest BCUT2D eigenvalue weighted by atomic mass is 9.60. The molecular weight excluding hydrogens is 394 g/mol. The number of carbonyl (C=O) groups is 1. The van der Waals surface area contributed by atoms with E-state index in [9.17, 15) is 4.79 Å². The Morgan fingerprint density at radius 2 is 1.66 bits per heavy atom. The summed E-state index contributed by atoms with van der Waals surface area (Å²) in [5.41, 5.74) is 4.20. The number of amides is 1. The molecule has 0 radical (unpaired) electrons. The van der Waals surface area contributed by atoms with Gasteiger partial charge in [0, 0.05) is 31.2 Å². The highest BCUT2D eigenvalue weighted by Gasteiger charge is 2.49. The number of nitrogens with one attached hydrogen (secondary N) is 1. The van der Waals surface area contributed by atoms with Gasteiger partial charge in [0.15, 0.2) is 0 Å². The molecule has 0 aromatic heterocycles. The number of piperazine rings is 1. The molecule has 1 aliphatic carbocycles. The molecule has 2 aromatic carbocycles. The largest absolute Gasteiger partial charge is 0.335 e. The Hall–Kier alpha value is -2.17. The van der Waals surface area contributed by atoms with E-state index in [1.807, 2.05) is 30.3 Å². The maximum atomic E-state index is 13.3. The molecule has 4 heteroatoms. The zero-order chi connectivity index (χ0) is 22.1. The summed E-state index contributed by atoms with van der Waals surface area (Å²) in [6.45, 7) is 9.48. The van der Waals surface area contributed by atoms with Crippen molar-refractivity contribution in [3.8, 4) is 0 Å². The Labute approximate surface area is 193 Å². The summed E-state index contributed by atoms with van der Waals surface area (Å²) in [7, 11) is 0. The fourth-order valence-electron chi connectivity index (χ4n) is 6.34. The Bertz CT molecular complexity index is 927. The Morgan fingerprint density at radius 3 is 2.38 bits per heavy atom. The van der Waals surface area contributed by atoms with Crippen LogP contribution in [-0.4, -0.2) is 54.5 Å². The summed E-state index contributed by atoms with van der Waals surface area (Å²) in [4.78, 5) is 18.1. The second-order valence-electron chi connectivity index (χ2n) is 10.5. The molecule has 1 amide bonds. The van der Waals surface area contributed by atoms with Crippen molar-refractivity contribution in [3.05, 3.63) is 71.3 Å². The molecule has 5 rings (SSSR count). The van der Waals surface area contributed by atoms with Crippen molar-refractivity contribution in [1.82, 2.24) is 15.1 Å². The van der Waals surface area contributed by atoms with Gasteiger partial charge >= 0.3 is 0 Å². The summed E-state index contributed by atoms with van der Waals surface area (Å²) in [5.74, 6) is 0.645. The maximum absolute atomic E-state index is 13.3. The van der Waals surface area contributed by atoms with Crippen molar-refractivity contribution in [3.63, 3.8) is 0 Å². The first-order chi connectivity index (χ1) is 15.6. The Morgan fingerprint density at radius 1 is 0.969 bits per heavy atom. The van der Waals surface area contributed by atoms with Crippen molar-refractivity contribution < 1.29 is 4.79 Å². The molecule has 32 heavy (non-hydrogen) atoms. The monoisotopic (exact) mass is 431 g/mol. The fraction of sp³-hybridized carbons (Fsp3) is 0.536. The van der Waals surface area contributed by atoms with Gasteiger partial charge in [-0.05, 0) is 73.4 Å². The first-order valence-electron chi connectivity index (χ1n) is 12.5. The molecule has 0 bridgehead atoms. The Balaban J connectivity index is 1.41. The standard InChI is InChI=1S/C28H37N3O/c1-21(2)24-10-6-7-11-25(24)26-20-30(27(32)22-8-4-3-5-9-22)16-17-31(26)23-18-28(19-23)12-14-29-15-13-28/h3-11,21,23,26,29H,12-20H2,1-2H3. The van der Waals surface area contributed by atoms with E-state index >= 15 is 0 Å². The third-order valence-electron chi connectivity index (χ3n) is 8.18. The van der Waals surface area contributed by atoms with Crippen LogP contribution in [0.3, 0.4) is 0 Å². The summed E-state index contributed by atoms with van der Waals surface area (Å²) in [6.07, 6.45) is 5.29. The molecule has 4 nitrogen and oxygen atoms in total. The number of carbonyl (C=O) groups excluding carboxylic acids is 1. The highest BCUT2D eigenvalue weighted by molar-refractivity contribution is 5.94. The predicted molar refractivity (Wildman–Crippen MR) is 130 cm³/mol. The van der Waals surface area contributed by atoms with Crippen molar-refractivity contribution in [2.45, 2.75) is 57.5 Å². The van der Waals surface area contributed by atoms with Gasteiger partial charge in [0.05, 0.1) is 6.04 Å². The van der Waals surface area contributed by atoms with Crippen LogP contribution in [0.2, 0.25) is 0 Å². The smallest absolute Gasteiger partial charge is 0.253 e. The molecule has 1 N–H and O–H groups in total. The van der Waals surface area contributed by atoms with Gasteiger partial charge in [-0.3, -0.25) is 9.69 Å². The van der Waals surface area contributed by atoms with Crippen molar-refractivity contribution in [2.24, 2.45) is 5.41 Å². The second-order valence-corrected chi connectivity index (χ2v) is 10.5. The minimum Gasteiger partial charge on any atom is -0.335 e. The number of rotatable bonds is 4. The van der Waals surface area contributed by atoms with Gasteiger partial charge < -0.3 is 10.2 Å². The molecule has 3 aliphatic rings. The SMILES string of the molecule is CC(C)c1ccccc1C1CN(C(=O)c2ccccc2)CCN1C1CC2(CCNCC2)C1. The summed E-state index contributed by atoms with van der Waals surface area (Å²) >= 11 is 0. The summed E-state index contributed by atoms with van der Waals surface area (Å²) in [5, 5.41) is 3.53. The highest BCUT2D eigenvalue weighted by Crippen LogP contribution is 2.52. The number of nitrogens with zero attached hydrogens (tertiary/aromatic N) is 2. The number of hydrogen-bond acceptors (Lipinski definition) is 3. The van der Waals surface area contributed by atoms with E-state index in [0.717, 1.165) is 25.2 Å². The zero-order valence-corrected chi connectivity index (χ0v) is 19.6. The first-order valence-corrected chi connectivity index (χ1v) is 12.5. The number of benzene rings is 2. The number of piperidine rings is 1. The molecule has 2 aromatic rings. The van der Waals surface area contributed by atoms with Crippen LogP contribution < -0.4 is 5.32 Å². The topological polar surface area (TPSA) is 35.6 Å². The molecule has 1 spiro atoms. The second kappa shape index (κ2) is 8.99. The van der Waals surface area contributed by atoms with Gasteiger partial charge in [0.2, 0.25) is 0 Å². The van der Waals surface area contributed by atoms with Crippen LogP contribution in [0.15, 0.2) is 54.6 Å². The van der Waals surface area contributed by atoms with E-state index in [1.165, 1.54) is 49.9 Å². The minimum absolute atomic E-state index is 0.167. The molecule has 1 unspecified atom stereocenters. The van der Waals surface area contributed by atoms with E-state index in [-0.39, 0.29) is 11.9 Å². The predicted octanol–water partition coefficient (Wildman–Crippen LogP) is 4.84. The normalized spacial score (nSPS) is 24.0. The van der Waals surface area contributed by atoms with Crippen LogP contribution in [0.1, 0.15) is 73.0 Å². The van der Waals surface area contributed by atoms with Gasteiger partial charge in [-0.1, -0.05) is 56.3 Å². The molecule has 3 fully saturated rings. The van der Waals surface area contributed by atoms with Gasteiger partial charge in [0.1, 0.15) is 0 Å². The lowest BCUT2D eigenvalue weighted by molar-refractivity contribution is -0.0601.